The topological polar surface area (TPSA) is 59.3 Å². The monoisotopic (exact) mass is 329 g/mol. The van der Waals surface area contributed by atoms with Gasteiger partial charge in [0.25, 0.3) is 0 Å². The highest BCUT2D eigenvalue weighted by atomic mass is 35.5. The molecule has 6 heteroatoms. The second kappa shape index (κ2) is 7.86. The number of piperazine rings is 1. The van der Waals surface area contributed by atoms with E-state index in [2.05, 4.69) is 16.3 Å². The van der Waals surface area contributed by atoms with Crippen LogP contribution in [0.25, 0.3) is 0 Å². The van der Waals surface area contributed by atoms with E-state index in [1.165, 1.54) is 12.8 Å². The summed E-state index contributed by atoms with van der Waals surface area (Å²) in [5, 5.41) is 22.6. The van der Waals surface area contributed by atoms with Crippen molar-refractivity contribution >= 4 is 24.8 Å². The number of aromatic hydroxyl groups is 1. The summed E-state index contributed by atoms with van der Waals surface area (Å²) in [5.74, 6) is 0.965. The lowest BCUT2D eigenvalue weighted by atomic mass is 9.97. The molecule has 0 unspecified atom stereocenters. The predicted molar refractivity (Wildman–Crippen MR) is 87.2 cm³/mol. The Morgan fingerprint density at radius 1 is 1.24 bits per heavy atom. The van der Waals surface area contributed by atoms with Crippen LogP contribution in [0.3, 0.4) is 0 Å². The molecule has 1 aromatic carbocycles. The van der Waals surface area contributed by atoms with Crippen molar-refractivity contribution in [2.24, 2.45) is 5.92 Å². The Balaban J connectivity index is 0.00000110. The summed E-state index contributed by atoms with van der Waals surface area (Å²) < 4.78 is 0. The molecule has 1 atom stereocenters. The molecule has 2 aliphatic rings. The molecule has 0 amide bonds. The third-order valence-electron chi connectivity index (χ3n) is 4.09. The molecule has 3 rings (SSSR count). The van der Waals surface area contributed by atoms with E-state index in [1.54, 1.807) is 12.1 Å². The number of halogens is 2. The van der Waals surface area contributed by atoms with Crippen LogP contribution in [-0.2, 0) is 0 Å². The average molecular weight is 330 g/mol. The lowest BCUT2D eigenvalue weighted by Crippen LogP contribution is -2.45. The Bertz CT molecular complexity index is 508. The van der Waals surface area contributed by atoms with Gasteiger partial charge in [-0.2, -0.15) is 5.26 Å². The van der Waals surface area contributed by atoms with Crippen LogP contribution in [0.4, 0.5) is 0 Å². The van der Waals surface area contributed by atoms with E-state index in [0.29, 0.717) is 17.2 Å². The third-order valence-corrected chi connectivity index (χ3v) is 4.09. The summed E-state index contributed by atoms with van der Waals surface area (Å²) in [6.45, 7) is 4.03. The molecule has 2 N–H and O–H groups in total. The molecule has 0 aromatic heterocycles. The fourth-order valence-corrected chi connectivity index (χ4v) is 2.98. The fraction of sp³-hybridized carbons (Fsp3) is 0.533. The Morgan fingerprint density at radius 3 is 2.48 bits per heavy atom. The SMILES string of the molecule is Cl.Cl.N#Cc1ccc(O)c([C@@H](C2CC2)N2CCNCC2)c1. The molecule has 0 radical (unpaired) electrons. The molecule has 2 fully saturated rings. The molecule has 0 bridgehead atoms. The summed E-state index contributed by atoms with van der Waals surface area (Å²) in [5.41, 5.74) is 1.57. The van der Waals surface area contributed by atoms with Crippen molar-refractivity contribution in [3.63, 3.8) is 0 Å². The Kier molecular flexibility index (Phi) is 6.76. The van der Waals surface area contributed by atoms with Crippen LogP contribution >= 0.6 is 24.8 Å². The zero-order valence-electron chi connectivity index (χ0n) is 11.8. The molecular formula is C15H21Cl2N3O. The van der Waals surface area contributed by atoms with Gasteiger partial charge in [-0.15, -0.1) is 24.8 Å². The third kappa shape index (κ3) is 4.02. The zero-order chi connectivity index (χ0) is 13.2. The van der Waals surface area contributed by atoms with Gasteiger partial charge in [0.15, 0.2) is 0 Å². The molecule has 1 aliphatic carbocycles. The van der Waals surface area contributed by atoms with Crippen LogP contribution in [0, 0.1) is 17.2 Å². The lowest BCUT2D eigenvalue weighted by molar-refractivity contribution is 0.153. The first kappa shape index (κ1) is 18.1. The summed E-state index contributed by atoms with van der Waals surface area (Å²) in [6.07, 6.45) is 2.45. The molecule has 1 saturated carbocycles. The number of rotatable bonds is 3. The molecule has 1 saturated heterocycles. The molecular weight excluding hydrogens is 309 g/mol. The van der Waals surface area contributed by atoms with Crippen LogP contribution in [0.15, 0.2) is 18.2 Å². The van der Waals surface area contributed by atoms with Crippen molar-refractivity contribution in [2.45, 2.75) is 18.9 Å². The van der Waals surface area contributed by atoms with E-state index in [4.69, 9.17) is 5.26 Å². The second-order valence-electron chi connectivity index (χ2n) is 5.45. The first-order chi connectivity index (χ1) is 9.29. The zero-order valence-corrected chi connectivity index (χ0v) is 13.4. The van der Waals surface area contributed by atoms with Crippen molar-refractivity contribution in [2.75, 3.05) is 26.2 Å². The van der Waals surface area contributed by atoms with Crippen molar-refractivity contribution < 1.29 is 5.11 Å². The summed E-state index contributed by atoms with van der Waals surface area (Å²) in [7, 11) is 0. The minimum absolute atomic E-state index is 0. The number of hydrogen-bond donors (Lipinski definition) is 2. The minimum Gasteiger partial charge on any atom is -0.508 e. The number of phenolic OH excluding ortho intramolecular Hbond substituents is 1. The number of nitriles is 1. The number of benzene rings is 1. The lowest BCUT2D eigenvalue weighted by Gasteiger charge is -2.35. The van der Waals surface area contributed by atoms with Crippen LogP contribution in [-0.4, -0.2) is 36.2 Å². The number of hydrogen-bond acceptors (Lipinski definition) is 4. The van der Waals surface area contributed by atoms with Gasteiger partial charge in [0.2, 0.25) is 0 Å². The maximum Gasteiger partial charge on any atom is 0.120 e. The highest BCUT2D eigenvalue weighted by molar-refractivity contribution is 5.85. The van der Waals surface area contributed by atoms with Crippen molar-refractivity contribution in [3.8, 4) is 11.8 Å². The average Bonchev–Trinajstić information content (AvgIpc) is 3.27. The van der Waals surface area contributed by atoms with Crippen molar-refractivity contribution in [3.05, 3.63) is 29.3 Å². The van der Waals surface area contributed by atoms with Gasteiger partial charge in [-0.1, -0.05) is 0 Å². The first-order valence-corrected chi connectivity index (χ1v) is 6.97. The Labute approximate surface area is 138 Å². The highest BCUT2D eigenvalue weighted by Crippen LogP contribution is 2.47. The van der Waals surface area contributed by atoms with Gasteiger partial charge in [-0.3, -0.25) is 4.90 Å². The molecule has 1 aromatic rings. The normalized spacial score (nSPS) is 19.8. The van der Waals surface area contributed by atoms with Crippen molar-refractivity contribution in [1.29, 1.82) is 5.26 Å². The van der Waals surface area contributed by atoms with E-state index in [-0.39, 0.29) is 30.9 Å². The van der Waals surface area contributed by atoms with Gasteiger partial charge in [-0.05, 0) is 37.0 Å². The maximum absolute atomic E-state index is 10.2. The molecule has 4 nitrogen and oxygen atoms in total. The van der Waals surface area contributed by atoms with Crippen LogP contribution in [0.2, 0.25) is 0 Å². The Morgan fingerprint density at radius 2 is 1.90 bits per heavy atom. The van der Waals surface area contributed by atoms with E-state index in [9.17, 15) is 5.11 Å². The largest absolute Gasteiger partial charge is 0.508 e. The number of nitrogens with zero attached hydrogens (tertiary/aromatic N) is 2. The quantitative estimate of drug-likeness (QED) is 0.894. The highest BCUT2D eigenvalue weighted by Gasteiger charge is 2.38. The molecule has 1 heterocycles. The Hall–Kier alpha value is -0.990. The standard InChI is InChI=1S/C15H19N3O.2ClH/c16-10-11-1-4-14(19)13(9-11)15(12-2-3-12)18-7-5-17-6-8-18;;/h1,4,9,12,15,17,19H,2-3,5-8H2;2*1H/t15-;;/m1../s1. The van der Waals surface area contributed by atoms with Crippen LogP contribution in [0.1, 0.15) is 30.0 Å². The molecule has 0 spiro atoms. The first-order valence-electron chi connectivity index (χ1n) is 6.97. The van der Waals surface area contributed by atoms with Gasteiger partial charge < -0.3 is 10.4 Å². The maximum atomic E-state index is 10.2. The van der Waals surface area contributed by atoms with Crippen LogP contribution in [0.5, 0.6) is 5.75 Å². The van der Waals surface area contributed by atoms with Gasteiger partial charge >= 0.3 is 0 Å². The van der Waals surface area contributed by atoms with E-state index < -0.39 is 0 Å². The summed E-state index contributed by atoms with van der Waals surface area (Å²) in [4.78, 5) is 2.45. The minimum atomic E-state index is 0. The van der Waals surface area contributed by atoms with E-state index in [1.807, 2.05) is 6.07 Å². The van der Waals surface area contributed by atoms with Gasteiger partial charge in [0.1, 0.15) is 5.75 Å². The van der Waals surface area contributed by atoms with Gasteiger partial charge in [0.05, 0.1) is 11.6 Å². The van der Waals surface area contributed by atoms with E-state index >= 15 is 0 Å². The predicted octanol–water partition coefficient (Wildman–Crippen LogP) is 2.46. The fourth-order valence-electron chi connectivity index (χ4n) is 2.98. The summed E-state index contributed by atoms with van der Waals surface area (Å²) >= 11 is 0. The smallest absolute Gasteiger partial charge is 0.120 e. The molecule has 21 heavy (non-hydrogen) atoms. The van der Waals surface area contributed by atoms with E-state index in [0.717, 1.165) is 31.7 Å². The van der Waals surface area contributed by atoms with Crippen molar-refractivity contribution in [1.82, 2.24) is 10.2 Å². The van der Waals surface area contributed by atoms with Gasteiger partial charge in [-0.25, -0.2) is 0 Å². The van der Waals surface area contributed by atoms with Crippen LogP contribution < -0.4 is 5.32 Å². The summed E-state index contributed by atoms with van der Waals surface area (Å²) in [6, 6.07) is 7.64. The number of nitrogens with one attached hydrogen (secondary N) is 1. The second-order valence-corrected chi connectivity index (χ2v) is 5.45. The molecule has 116 valence electrons. The number of phenols is 1. The molecule has 1 aliphatic heterocycles. The van der Waals surface area contributed by atoms with Gasteiger partial charge in [0, 0.05) is 37.8 Å².